The number of ether oxygens (including phenoxy) is 1. The van der Waals surface area contributed by atoms with E-state index in [1.54, 1.807) is 0 Å². The maximum Gasteiger partial charge on any atom is 0.418 e. The Morgan fingerprint density at radius 3 is 2.46 bits per heavy atom. The Labute approximate surface area is 155 Å². The first-order valence-corrected chi connectivity index (χ1v) is 7.73. The quantitative estimate of drug-likeness (QED) is 0.582. The summed E-state index contributed by atoms with van der Waals surface area (Å²) in [6.45, 7) is -0.825. The first-order valence-electron chi connectivity index (χ1n) is 6.97. The molecule has 26 heavy (non-hydrogen) atoms. The molecule has 2 aromatic rings. The molecule has 0 fully saturated rings. The van der Waals surface area contributed by atoms with Crippen molar-refractivity contribution in [1.29, 1.82) is 0 Å². The van der Waals surface area contributed by atoms with Crippen LogP contribution in [0.2, 0.25) is 10.0 Å². The van der Waals surface area contributed by atoms with E-state index in [0.29, 0.717) is 0 Å². The van der Waals surface area contributed by atoms with Gasteiger partial charge in [-0.15, -0.1) is 0 Å². The van der Waals surface area contributed by atoms with Crippen LogP contribution < -0.4 is 11.1 Å². The highest BCUT2D eigenvalue weighted by Gasteiger charge is 2.33. The van der Waals surface area contributed by atoms with Gasteiger partial charge in [0, 0.05) is 5.02 Å². The number of benzene rings is 2. The van der Waals surface area contributed by atoms with Crippen molar-refractivity contribution in [2.45, 2.75) is 6.18 Å². The molecule has 0 aliphatic heterocycles. The van der Waals surface area contributed by atoms with Gasteiger partial charge in [0.1, 0.15) is 0 Å². The molecule has 2 rings (SSSR count). The minimum absolute atomic E-state index is 0.0213. The zero-order valence-corrected chi connectivity index (χ0v) is 14.4. The first kappa shape index (κ1) is 19.9. The third-order valence-electron chi connectivity index (χ3n) is 3.16. The van der Waals surface area contributed by atoms with Crippen LogP contribution in [-0.4, -0.2) is 18.5 Å². The first-order chi connectivity index (χ1) is 12.1. The van der Waals surface area contributed by atoms with Gasteiger partial charge in [0.05, 0.1) is 27.5 Å². The number of hydrogen-bond acceptors (Lipinski definition) is 4. The van der Waals surface area contributed by atoms with Crippen molar-refractivity contribution in [3.8, 4) is 0 Å². The number of carbonyl (C=O) groups is 2. The van der Waals surface area contributed by atoms with Crippen LogP contribution in [0.3, 0.4) is 0 Å². The summed E-state index contributed by atoms with van der Waals surface area (Å²) in [5, 5.41) is 2.19. The van der Waals surface area contributed by atoms with Crippen LogP contribution >= 0.6 is 23.2 Å². The van der Waals surface area contributed by atoms with Gasteiger partial charge in [-0.1, -0.05) is 35.3 Å². The van der Waals surface area contributed by atoms with Gasteiger partial charge in [-0.3, -0.25) is 4.79 Å². The zero-order valence-electron chi connectivity index (χ0n) is 12.9. The summed E-state index contributed by atoms with van der Waals surface area (Å²) in [4.78, 5) is 23.8. The Balaban J connectivity index is 2.06. The summed E-state index contributed by atoms with van der Waals surface area (Å²) in [6.07, 6.45) is -4.65. The van der Waals surface area contributed by atoms with E-state index in [4.69, 9.17) is 33.7 Å². The largest absolute Gasteiger partial charge is 0.452 e. The summed E-state index contributed by atoms with van der Waals surface area (Å²) < 4.78 is 43.4. The molecule has 0 atom stereocenters. The van der Waals surface area contributed by atoms with E-state index in [0.717, 1.165) is 12.1 Å². The highest BCUT2D eigenvalue weighted by atomic mass is 35.5. The molecule has 0 unspecified atom stereocenters. The topological polar surface area (TPSA) is 81.4 Å². The van der Waals surface area contributed by atoms with Gasteiger partial charge >= 0.3 is 12.1 Å². The number of esters is 1. The molecule has 0 saturated carbocycles. The molecule has 0 aliphatic rings. The van der Waals surface area contributed by atoms with E-state index in [2.05, 4.69) is 0 Å². The fraction of sp³-hybridized carbons (Fsp3) is 0.125. The average molecular weight is 407 g/mol. The summed E-state index contributed by atoms with van der Waals surface area (Å²) in [5.74, 6) is -1.95. The number of para-hydroxylation sites is 1. The van der Waals surface area contributed by atoms with Crippen molar-refractivity contribution in [3.63, 3.8) is 0 Å². The van der Waals surface area contributed by atoms with E-state index < -0.39 is 35.9 Å². The predicted molar refractivity (Wildman–Crippen MR) is 91.2 cm³/mol. The summed E-state index contributed by atoms with van der Waals surface area (Å²) in [6, 6.07) is 6.92. The molecule has 3 N–H and O–H groups in total. The number of hydrogen-bond donors (Lipinski definition) is 2. The van der Waals surface area contributed by atoms with Crippen LogP contribution in [-0.2, 0) is 15.7 Å². The van der Waals surface area contributed by atoms with Crippen LogP contribution in [0, 0.1) is 0 Å². The van der Waals surface area contributed by atoms with Crippen LogP contribution in [0.25, 0.3) is 0 Å². The molecule has 0 heterocycles. The van der Waals surface area contributed by atoms with Gasteiger partial charge in [-0.05, 0) is 24.3 Å². The predicted octanol–water partition coefficient (Wildman–Crippen LogP) is 4.39. The second kappa shape index (κ2) is 7.84. The van der Waals surface area contributed by atoms with Gasteiger partial charge in [-0.2, -0.15) is 13.2 Å². The standard InChI is InChI=1S/C16H11Cl2F3N2O3/c17-8-5-9(14(22)11(18)6-8)15(25)26-7-13(24)23-12-4-2-1-3-10(12)16(19,20)21/h1-6H,7,22H2,(H,23,24). The molecule has 0 saturated heterocycles. The van der Waals surface area contributed by atoms with Crippen molar-refractivity contribution < 1.29 is 27.5 Å². The number of nitrogens with two attached hydrogens (primary N) is 1. The fourth-order valence-electron chi connectivity index (χ4n) is 1.99. The average Bonchev–Trinajstić information content (AvgIpc) is 2.55. The monoisotopic (exact) mass is 406 g/mol. The smallest absolute Gasteiger partial charge is 0.418 e. The third-order valence-corrected chi connectivity index (χ3v) is 3.69. The van der Waals surface area contributed by atoms with Crippen LogP contribution in [0.15, 0.2) is 36.4 Å². The number of carbonyl (C=O) groups excluding carboxylic acids is 2. The van der Waals surface area contributed by atoms with Gasteiger partial charge in [-0.25, -0.2) is 4.79 Å². The summed E-state index contributed by atoms with van der Waals surface area (Å²) in [5.41, 5.74) is 3.90. The minimum atomic E-state index is -4.65. The Bertz CT molecular complexity index is 857. The highest BCUT2D eigenvalue weighted by Crippen LogP contribution is 2.34. The van der Waals surface area contributed by atoms with E-state index >= 15 is 0 Å². The number of halogens is 5. The number of rotatable bonds is 4. The second-order valence-corrected chi connectivity index (χ2v) is 5.86. The van der Waals surface area contributed by atoms with Crippen LogP contribution in [0.4, 0.5) is 24.5 Å². The van der Waals surface area contributed by atoms with Gasteiger partial charge in [0.25, 0.3) is 5.91 Å². The number of amides is 1. The van der Waals surface area contributed by atoms with Crippen molar-refractivity contribution in [2.75, 3.05) is 17.7 Å². The lowest BCUT2D eigenvalue weighted by Crippen LogP contribution is -2.23. The SMILES string of the molecule is Nc1c(Cl)cc(Cl)cc1C(=O)OCC(=O)Nc1ccccc1C(F)(F)F. The highest BCUT2D eigenvalue weighted by molar-refractivity contribution is 6.37. The second-order valence-electron chi connectivity index (χ2n) is 5.02. The van der Waals surface area contributed by atoms with Gasteiger partial charge in [0.2, 0.25) is 0 Å². The molecule has 1 amide bonds. The summed E-state index contributed by atoms with van der Waals surface area (Å²) in [7, 11) is 0. The van der Waals surface area contributed by atoms with E-state index in [9.17, 15) is 22.8 Å². The molecule has 0 spiro atoms. The van der Waals surface area contributed by atoms with Crippen LogP contribution in [0.5, 0.6) is 0 Å². The van der Waals surface area contributed by atoms with E-state index in [1.165, 1.54) is 24.3 Å². The maximum atomic E-state index is 12.9. The van der Waals surface area contributed by atoms with Crippen molar-refractivity contribution >= 4 is 46.5 Å². The van der Waals surface area contributed by atoms with E-state index in [1.807, 2.05) is 5.32 Å². The zero-order chi connectivity index (χ0) is 19.5. The van der Waals surface area contributed by atoms with Crippen molar-refractivity contribution in [1.82, 2.24) is 0 Å². The normalized spacial score (nSPS) is 11.1. The Morgan fingerprint density at radius 2 is 1.81 bits per heavy atom. The van der Waals surface area contributed by atoms with Crippen molar-refractivity contribution in [2.24, 2.45) is 0 Å². The number of anilines is 2. The Hall–Kier alpha value is -2.45. The molecule has 0 radical (unpaired) electrons. The van der Waals surface area contributed by atoms with Gasteiger partial charge in [0.15, 0.2) is 6.61 Å². The Kier molecular flexibility index (Phi) is 5.99. The Morgan fingerprint density at radius 1 is 1.15 bits per heavy atom. The van der Waals surface area contributed by atoms with Gasteiger partial charge < -0.3 is 15.8 Å². The lowest BCUT2D eigenvalue weighted by Gasteiger charge is -2.13. The molecular weight excluding hydrogens is 396 g/mol. The maximum absolute atomic E-state index is 12.9. The molecule has 2 aromatic carbocycles. The molecule has 0 aliphatic carbocycles. The minimum Gasteiger partial charge on any atom is -0.452 e. The molecule has 5 nitrogen and oxygen atoms in total. The molecule has 10 heteroatoms. The molecule has 0 aromatic heterocycles. The third kappa shape index (κ3) is 4.80. The number of nitrogen functional groups attached to an aromatic ring is 1. The van der Waals surface area contributed by atoms with Crippen molar-refractivity contribution in [3.05, 3.63) is 57.6 Å². The van der Waals surface area contributed by atoms with E-state index in [-0.39, 0.29) is 21.3 Å². The number of nitrogens with one attached hydrogen (secondary N) is 1. The summed E-state index contributed by atoms with van der Waals surface area (Å²) >= 11 is 11.6. The molecule has 0 bridgehead atoms. The number of alkyl halides is 3. The lowest BCUT2D eigenvalue weighted by molar-refractivity contribution is -0.137. The van der Waals surface area contributed by atoms with Crippen LogP contribution in [0.1, 0.15) is 15.9 Å². The lowest BCUT2D eigenvalue weighted by atomic mass is 10.1. The fourth-order valence-corrected chi connectivity index (χ4v) is 2.48. The molecular formula is C16H11Cl2F3N2O3. The molecule has 138 valence electrons.